The van der Waals surface area contributed by atoms with Gasteiger partial charge in [0.25, 0.3) is 0 Å². The average Bonchev–Trinajstić information content (AvgIpc) is 2.65. The molecule has 1 N–H and O–H groups in total. The predicted molar refractivity (Wildman–Crippen MR) is 86.1 cm³/mol. The molecule has 3 rings (SSSR count). The average molecular weight is 405 g/mol. The molecule has 0 fully saturated rings. The molecule has 0 atom stereocenters. The van der Waals surface area contributed by atoms with E-state index in [1.54, 1.807) is 6.07 Å². The van der Waals surface area contributed by atoms with Crippen LogP contribution in [0.5, 0.6) is 0 Å². The minimum Gasteiger partial charge on any atom is -0.330 e. The number of hydrogen-bond donors (Lipinski definition) is 1. The Bertz CT molecular complexity index is 840. The second-order valence-electron chi connectivity index (χ2n) is 4.02. The monoisotopic (exact) mass is 404 g/mol. The number of fused-ring (bicyclic) bond motifs is 1. The second-order valence-corrected chi connectivity index (χ2v) is 6.06. The number of nitrogens with zero attached hydrogens (tertiary/aromatic N) is 1. The lowest BCUT2D eigenvalue weighted by molar-refractivity contribution is 0.629. The van der Waals surface area contributed by atoms with Crippen molar-refractivity contribution in [2.24, 2.45) is 0 Å². The number of H-pyrrole nitrogens is 1. The van der Waals surface area contributed by atoms with Crippen LogP contribution in [0.2, 0.25) is 5.02 Å². The molecule has 0 aliphatic rings. The summed E-state index contributed by atoms with van der Waals surface area (Å²) in [4.78, 5) is 2.99. The fourth-order valence-corrected chi connectivity index (χ4v) is 3.23. The Labute approximate surface area is 132 Å². The van der Waals surface area contributed by atoms with E-state index in [-0.39, 0.29) is 5.82 Å². The molecule has 0 radical (unpaired) electrons. The Hall–Kier alpha value is -0.920. The maximum Gasteiger partial charge on any atom is 0.182 e. The number of imidazole rings is 1. The van der Waals surface area contributed by atoms with Crippen LogP contribution in [-0.2, 0) is 0 Å². The molecule has 0 spiro atoms. The van der Waals surface area contributed by atoms with E-state index in [1.807, 2.05) is 22.8 Å². The largest absolute Gasteiger partial charge is 0.330 e. The lowest BCUT2D eigenvalue weighted by Crippen LogP contribution is -1.95. The van der Waals surface area contributed by atoms with Gasteiger partial charge >= 0.3 is 0 Å². The normalized spacial score (nSPS) is 11.1. The van der Waals surface area contributed by atoms with Crippen molar-refractivity contribution >= 4 is 57.4 Å². The minimum absolute atomic E-state index is 0.301. The summed E-state index contributed by atoms with van der Waals surface area (Å²) < 4.78 is 16.6. The number of aromatic nitrogens is 2. The number of halogens is 3. The highest BCUT2D eigenvalue weighted by Gasteiger charge is 2.10. The second kappa shape index (κ2) is 4.88. The summed E-state index contributed by atoms with van der Waals surface area (Å²) in [5.74, 6) is -0.301. The maximum atomic E-state index is 13.2. The molecule has 0 aliphatic carbocycles. The molecule has 2 nitrogen and oxygen atoms in total. The third-order valence-electron chi connectivity index (χ3n) is 2.79. The first kappa shape index (κ1) is 13.1. The Morgan fingerprint density at radius 1 is 1.21 bits per heavy atom. The van der Waals surface area contributed by atoms with Crippen molar-refractivity contribution < 1.29 is 4.39 Å². The number of rotatable bonds is 1. The van der Waals surface area contributed by atoms with E-state index >= 15 is 0 Å². The molecule has 19 heavy (non-hydrogen) atoms. The zero-order chi connectivity index (χ0) is 13.6. The van der Waals surface area contributed by atoms with Crippen molar-refractivity contribution in [3.05, 3.63) is 55.6 Å². The van der Waals surface area contributed by atoms with Gasteiger partial charge in [0.1, 0.15) is 5.82 Å². The first-order chi connectivity index (χ1) is 9.06. The molecule has 0 saturated carbocycles. The van der Waals surface area contributed by atoms with Gasteiger partial charge in [0.2, 0.25) is 0 Å². The number of hydrogen-bond acceptors (Lipinski definition) is 1. The van der Waals surface area contributed by atoms with Gasteiger partial charge < -0.3 is 4.98 Å². The van der Waals surface area contributed by atoms with Crippen LogP contribution in [0.25, 0.3) is 16.7 Å². The molecule has 2 aromatic carbocycles. The fourth-order valence-electron chi connectivity index (χ4n) is 1.99. The first-order valence-corrected chi connectivity index (χ1v) is 7.28. The van der Waals surface area contributed by atoms with E-state index < -0.39 is 0 Å². The smallest absolute Gasteiger partial charge is 0.182 e. The van der Waals surface area contributed by atoms with Crippen LogP contribution >= 0.6 is 46.4 Å². The minimum atomic E-state index is -0.301. The summed E-state index contributed by atoms with van der Waals surface area (Å²) in [7, 11) is 0. The standard InChI is InChI=1S/C13H7ClFIN2S/c14-9-6-8(16)2-4-11(9)18-12-3-1-7(15)5-10(12)17-13(18)19/h1-6H,(H,17,19). The van der Waals surface area contributed by atoms with Gasteiger partial charge in [-0.1, -0.05) is 11.6 Å². The molecule has 96 valence electrons. The van der Waals surface area contributed by atoms with E-state index in [9.17, 15) is 4.39 Å². The van der Waals surface area contributed by atoms with Gasteiger partial charge in [-0.15, -0.1) is 0 Å². The molecule has 0 saturated heterocycles. The van der Waals surface area contributed by atoms with Gasteiger partial charge in [0.05, 0.1) is 21.7 Å². The summed E-state index contributed by atoms with van der Waals surface area (Å²) >= 11 is 13.8. The first-order valence-electron chi connectivity index (χ1n) is 5.42. The Kier molecular flexibility index (Phi) is 3.36. The van der Waals surface area contributed by atoms with Crippen LogP contribution in [0.3, 0.4) is 0 Å². The van der Waals surface area contributed by atoms with E-state index in [4.69, 9.17) is 23.8 Å². The van der Waals surface area contributed by atoms with Crippen LogP contribution in [0, 0.1) is 14.2 Å². The quantitative estimate of drug-likeness (QED) is 0.443. The third kappa shape index (κ3) is 2.30. The van der Waals surface area contributed by atoms with Crippen molar-refractivity contribution in [2.45, 2.75) is 0 Å². The molecule has 0 bridgehead atoms. The SMILES string of the molecule is Fc1ccc2c(c1)[nH]c(=S)n2-c1ccc(I)cc1Cl. The topological polar surface area (TPSA) is 20.7 Å². The summed E-state index contributed by atoms with van der Waals surface area (Å²) in [5.41, 5.74) is 2.24. The van der Waals surface area contributed by atoms with Gasteiger partial charge in [0.15, 0.2) is 4.77 Å². The van der Waals surface area contributed by atoms with E-state index in [1.165, 1.54) is 12.1 Å². The lowest BCUT2D eigenvalue weighted by Gasteiger charge is -2.07. The fraction of sp³-hybridized carbons (Fsp3) is 0. The molecular formula is C13H7ClFIN2S. The van der Waals surface area contributed by atoms with Gasteiger partial charge in [-0.25, -0.2) is 4.39 Å². The van der Waals surface area contributed by atoms with Crippen LogP contribution in [-0.4, -0.2) is 9.55 Å². The summed E-state index contributed by atoms with van der Waals surface area (Å²) in [6.07, 6.45) is 0. The van der Waals surface area contributed by atoms with Gasteiger partial charge in [-0.05, 0) is 71.2 Å². The molecule has 0 amide bonds. The van der Waals surface area contributed by atoms with Crippen molar-refractivity contribution in [3.63, 3.8) is 0 Å². The molecule has 0 aliphatic heterocycles. The van der Waals surface area contributed by atoms with Crippen LogP contribution < -0.4 is 0 Å². The lowest BCUT2D eigenvalue weighted by atomic mass is 10.2. The molecular weight excluding hydrogens is 398 g/mol. The highest BCUT2D eigenvalue weighted by atomic mass is 127. The number of nitrogens with one attached hydrogen (secondary N) is 1. The Morgan fingerprint density at radius 3 is 2.74 bits per heavy atom. The molecule has 0 unspecified atom stereocenters. The zero-order valence-electron chi connectivity index (χ0n) is 9.45. The molecule has 6 heteroatoms. The molecule has 1 aromatic heterocycles. The van der Waals surface area contributed by atoms with Crippen molar-refractivity contribution in [1.29, 1.82) is 0 Å². The highest BCUT2D eigenvalue weighted by Crippen LogP contribution is 2.27. The number of aromatic amines is 1. The Morgan fingerprint density at radius 2 is 2.00 bits per heavy atom. The van der Waals surface area contributed by atoms with E-state index in [0.717, 1.165) is 14.8 Å². The Balaban J connectivity index is 2.36. The van der Waals surface area contributed by atoms with Crippen LogP contribution in [0.15, 0.2) is 36.4 Å². The summed E-state index contributed by atoms with van der Waals surface area (Å²) in [6, 6.07) is 10.2. The van der Waals surface area contributed by atoms with E-state index in [0.29, 0.717) is 15.3 Å². The molecule has 3 aromatic rings. The third-order valence-corrected chi connectivity index (χ3v) is 4.05. The van der Waals surface area contributed by atoms with Crippen LogP contribution in [0.1, 0.15) is 0 Å². The predicted octanol–water partition coefficient (Wildman–Crippen LogP) is 5.09. The summed E-state index contributed by atoms with van der Waals surface area (Å²) in [5, 5.41) is 0.605. The van der Waals surface area contributed by atoms with Crippen molar-refractivity contribution in [1.82, 2.24) is 9.55 Å². The highest BCUT2D eigenvalue weighted by molar-refractivity contribution is 14.1. The van der Waals surface area contributed by atoms with Gasteiger partial charge in [-0.3, -0.25) is 4.57 Å². The number of benzene rings is 2. The van der Waals surface area contributed by atoms with Crippen LogP contribution in [0.4, 0.5) is 4.39 Å². The van der Waals surface area contributed by atoms with Crippen molar-refractivity contribution in [2.75, 3.05) is 0 Å². The zero-order valence-corrected chi connectivity index (χ0v) is 13.2. The van der Waals surface area contributed by atoms with E-state index in [2.05, 4.69) is 27.6 Å². The molecule has 1 heterocycles. The summed E-state index contributed by atoms with van der Waals surface area (Å²) in [6.45, 7) is 0. The van der Waals surface area contributed by atoms with Crippen molar-refractivity contribution in [3.8, 4) is 5.69 Å². The van der Waals surface area contributed by atoms with Gasteiger partial charge in [-0.2, -0.15) is 0 Å². The maximum absolute atomic E-state index is 13.2. The van der Waals surface area contributed by atoms with Gasteiger partial charge in [0, 0.05) is 3.57 Å².